The van der Waals surface area contributed by atoms with Crippen molar-refractivity contribution in [1.82, 2.24) is 20.1 Å². The molecule has 0 bridgehead atoms. The van der Waals surface area contributed by atoms with Crippen LogP contribution < -0.4 is 5.32 Å². The average Bonchev–Trinajstić information content (AvgIpc) is 3.06. The molecule has 1 aliphatic rings. The van der Waals surface area contributed by atoms with Crippen LogP contribution in [-0.2, 0) is 11.3 Å². The van der Waals surface area contributed by atoms with Crippen molar-refractivity contribution in [3.8, 4) is 0 Å². The second-order valence-electron chi connectivity index (χ2n) is 7.01. The van der Waals surface area contributed by atoms with E-state index in [0.717, 1.165) is 29.4 Å². The summed E-state index contributed by atoms with van der Waals surface area (Å²) in [6.07, 6.45) is 6.12. The van der Waals surface area contributed by atoms with Gasteiger partial charge < -0.3 is 9.88 Å². The van der Waals surface area contributed by atoms with E-state index >= 15 is 0 Å². The van der Waals surface area contributed by atoms with E-state index in [1.807, 2.05) is 31.2 Å². The molecule has 1 N–H and O–H groups in total. The molecule has 0 unspecified atom stereocenters. The predicted octanol–water partition coefficient (Wildman–Crippen LogP) is 3.70. The molecule has 1 fully saturated rings. The summed E-state index contributed by atoms with van der Waals surface area (Å²) in [6, 6.07) is 7.85. The smallest absolute Gasteiger partial charge is 0.217 e. The van der Waals surface area contributed by atoms with Crippen LogP contribution in [0.3, 0.4) is 0 Å². The van der Waals surface area contributed by atoms with Crippen molar-refractivity contribution in [2.24, 2.45) is 0 Å². The van der Waals surface area contributed by atoms with Crippen molar-refractivity contribution < 1.29 is 9.59 Å². The van der Waals surface area contributed by atoms with Gasteiger partial charge in [-0.25, -0.2) is 0 Å². The number of carbonyl (C=O) groups is 2. The molecule has 1 amide bonds. The van der Waals surface area contributed by atoms with Gasteiger partial charge in [0.15, 0.2) is 10.9 Å². The number of rotatable bonds is 7. The van der Waals surface area contributed by atoms with Gasteiger partial charge in [-0.05, 0) is 25.3 Å². The number of aryl methyl sites for hydroxylation is 1. The zero-order valence-corrected chi connectivity index (χ0v) is 16.7. The first-order valence-electron chi connectivity index (χ1n) is 9.45. The Kier molecular flexibility index (Phi) is 6.66. The normalized spacial score (nSPS) is 14.9. The van der Waals surface area contributed by atoms with Gasteiger partial charge in [-0.3, -0.25) is 9.59 Å². The van der Waals surface area contributed by atoms with Gasteiger partial charge in [-0.2, -0.15) is 0 Å². The molecule has 6 nitrogen and oxygen atoms in total. The minimum Gasteiger partial charge on any atom is -0.352 e. The van der Waals surface area contributed by atoms with Gasteiger partial charge in [0, 0.05) is 25.1 Å². The van der Waals surface area contributed by atoms with Crippen LogP contribution in [0.5, 0.6) is 0 Å². The largest absolute Gasteiger partial charge is 0.352 e. The summed E-state index contributed by atoms with van der Waals surface area (Å²) in [5, 5.41) is 12.1. The van der Waals surface area contributed by atoms with Crippen molar-refractivity contribution in [2.45, 2.75) is 63.7 Å². The Morgan fingerprint density at radius 3 is 2.52 bits per heavy atom. The molecule has 0 atom stereocenters. The Hall–Kier alpha value is -2.15. The molecule has 144 valence electrons. The third-order valence-corrected chi connectivity index (χ3v) is 5.87. The highest BCUT2D eigenvalue weighted by molar-refractivity contribution is 7.99. The lowest BCUT2D eigenvalue weighted by Crippen LogP contribution is -2.18. The number of Topliss-reactive ketones (excluding diaryl/α,β-unsaturated/α-hetero) is 1. The van der Waals surface area contributed by atoms with E-state index in [9.17, 15) is 9.59 Å². The number of carbonyl (C=O) groups excluding carboxylic acids is 2. The van der Waals surface area contributed by atoms with E-state index < -0.39 is 0 Å². The summed E-state index contributed by atoms with van der Waals surface area (Å²) in [5.41, 5.74) is 1.65. The van der Waals surface area contributed by atoms with Gasteiger partial charge in [0.25, 0.3) is 0 Å². The summed E-state index contributed by atoms with van der Waals surface area (Å²) in [4.78, 5) is 23.5. The maximum absolute atomic E-state index is 12.5. The Labute approximate surface area is 164 Å². The number of hydrogen-bond donors (Lipinski definition) is 1. The first kappa shape index (κ1) is 19.6. The number of benzene rings is 1. The highest BCUT2D eigenvalue weighted by Gasteiger charge is 2.22. The van der Waals surface area contributed by atoms with Crippen LogP contribution in [0.4, 0.5) is 0 Å². The minimum absolute atomic E-state index is 0.0658. The molecule has 3 rings (SSSR count). The summed E-state index contributed by atoms with van der Waals surface area (Å²) in [6.45, 7) is 3.95. The van der Waals surface area contributed by atoms with Gasteiger partial charge in [0.1, 0.15) is 5.82 Å². The van der Waals surface area contributed by atoms with Crippen molar-refractivity contribution in [1.29, 1.82) is 0 Å². The number of aromatic nitrogens is 3. The molecular weight excluding hydrogens is 360 g/mol. The fourth-order valence-electron chi connectivity index (χ4n) is 3.46. The highest BCUT2D eigenvalue weighted by atomic mass is 32.2. The number of ketones is 1. The van der Waals surface area contributed by atoms with Gasteiger partial charge in [-0.15, -0.1) is 10.2 Å². The molecule has 0 spiro atoms. The number of thioether (sulfide) groups is 1. The van der Waals surface area contributed by atoms with E-state index in [2.05, 4.69) is 20.1 Å². The molecule has 0 aliphatic heterocycles. The minimum atomic E-state index is -0.0658. The first-order valence-corrected chi connectivity index (χ1v) is 10.4. The molecule has 1 aromatic carbocycles. The van der Waals surface area contributed by atoms with Gasteiger partial charge in [0.2, 0.25) is 5.91 Å². The Morgan fingerprint density at radius 2 is 1.85 bits per heavy atom. The Balaban J connectivity index is 1.60. The molecule has 1 aliphatic carbocycles. The van der Waals surface area contributed by atoms with Crippen molar-refractivity contribution in [2.75, 3.05) is 5.75 Å². The van der Waals surface area contributed by atoms with Gasteiger partial charge >= 0.3 is 0 Å². The first-order chi connectivity index (χ1) is 13.0. The molecule has 0 radical (unpaired) electrons. The molecular formula is C20H26N4O2S. The predicted molar refractivity (Wildman–Crippen MR) is 106 cm³/mol. The lowest BCUT2D eigenvalue weighted by molar-refractivity contribution is -0.119. The lowest BCUT2D eigenvalue weighted by atomic mass is 9.95. The number of hydrogen-bond acceptors (Lipinski definition) is 5. The molecule has 27 heavy (non-hydrogen) atoms. The molecule has 1 heterocycles. The van der Waals surface area contributed by atoms with Crippen molar-refractivity contribution in [3.05, 3.63) is 41.2 Å². The lowest BCUT2D eigenvalue weighted by Gasteiger charge is -2.24. The fraction of sp³-hybridized carbons (Fsp3) is 0.500. The number of nitrogens with one attached hydrogen (secondary N) is 1. The van der Waals surface area contributed by atoms with E-state index in [-0.39, 0.29) is 11.7 Å². The SMILES string of the molecule is CC(=O)NCc1ccc(C(=O)CSc2nnc(C)n2C2CCCCC2)cc1. The monoisotopic (exact) mass is 386 g/mol. The van der Waals surface area contributed by atoms with Crippen LogP contribution in [0.2, 0.25) is 0 Å². The zero-order valence-electron chi connectivity index (χ0n) is 15.9. The third kappa shape index (κ3) is 5.19. The second kappa shape index (κ2) is 9.17. The van der Waals surface area contributed by atoms with Crippen LogP contribution in [0.25, 0.3) is 0 Å². The van der Waals surface area contributed by atoms with Crippen LogP contribution in [0.15, 0.2) is 29.4 Å². The molecule has 1 saturated carbocycles. The second-order valence-corrected chi connectivity index (χ2v) is 7.95. The Bertz CT molecular complexity index is 795. The van der Waals surface area contributed by atoms with Crippen LogP contribution >= 0.6 is 11.8 Å². The van der Waals surface area contributed by atoms with Crippen LogP contribution in [0.1, 0.15) is 66.8 Å². The summed E-state index contributed by atoms with van der Waals surface area (Å²) in [5.74, 6) is 1.28. The highest BCUT2D eigenvalue weighted by Crippen LogP contribution is 2.32. The average molecular weight is 387 g/mol. The quantitative estimate of drug-likeness (QED) is 0.580. The maximum atomic E-state index is 12.5. The molecule has 0 saturated heterocycles. The van der Waals surface area contributed by atoms with Gasteiger partial charge in [0.05, 0.1) is 5.75 Å². The van der Waals surface area contributed by atoms with Crippen LogP contribution in [0, 0.1) is 6.92 Å². The van der Waals surface area contributed by atoms with Crippen molar-refractivity contribution >= 4 is 23.5 Å². The molecule has 7 heteroatoms. The van der Waals surface area contributed by atoms with Gasteiger partial charge in [-0.1, -0.05) is 55.3 Å². The standard InChI is InChI=1S/C20H26N4O2S/c1-14-22-23-20(24(14)18-6-4-3-5-7-18)27-13-19(26)17-10-8-16(9-11-17)12-21-15(2)25/h8-11,18H,3-7,12-13H2,1-2H3,(H,21,25). The topological polar surface area (TPSA) is 76.9 Å². The van der Waals surface area contributed by atoms with E-state index in [1.54, 1.807) is 0 Å². The molecule has 2 aromatic rings. The zero-order chi connectivity index (χ0) is 19.2. The number of amides is 1. The van der Waals surface area contributed by atoms with Crippen molar-refractivity contribution in [3.63, 3.8) is 0 Å². The summed E-state index contributed by atoms with van der Waals surface area (Å²) >= 11 is 1.47. The van der Waals surface area contributed by atoms with E-state index in [4.69, 9.17) is 0 Å². The van der Waals surface area contributed by atoms with E-state index in [0.29, 0.717) is 23.9 Å². The Morgan fingerprint density at radius 1 is 1.15 bits per heavy atom. The third-order valence-electron chi connectivity index (χ3n) is 4.92. The summed E-state index contributed by atoms with van der Waals surface area (Å²) < 4.78 is 2.22. The summed E-state index contributed by atoms with van der Waals surface area (Å²) in [7, 11) is 0. The molecule has 1 aromatic heterocycles. The van der Waals surface area contributed by atoms with E-state index in [1.165, 1.54) is 37.9 Å². The maximum Gasteiger partial charge on any atom is 0.217 e. The number of nitrogens with zero attached hydrogens (tertiary/aromatic N) is 3. The van der Waals surface area contributed by atoms with Crippen LogP contribution in [-0.4, -0.2) is 32.2 Å². The fourth-order valence-corrected chi connectivity index (χ4v) is 4.40.